The number of aryl methyl sites for hydroxylation is 2. The molecular formula is C21H17N3O2S3. The van der Waals surface area contributed by atoms with Crippen LogP contribution in [0.3, 0.4) is 0 Å². The Morgan fingerprint density at radius 2 is 1.79 bits per heavy atom. The molecule has 0 fully saturated rings. The normalized spacial score (nSPS) is 10.8. The SMILES string of the molecule is Cc1nc(-c2cccs2)sc1C(=O)Nc1sc(C)c(-c2ccccc2)c1C(N)=O. The highest BCUT2D eigenvalue weighted by Crippen LogP contribution is 2.40. The molecule has 0 aliphatic rings. The van der Waals surface area contributed by atoms with Crippen molar-refractivity contribution in [1.82, 2.24) is 4.98 Å². The molecule has 3 heterocycles. The number of hydrogen-bond donors (Lipinski definition) is 2. The molecule has 3 N–H and O–H groups in total. The Kier molecular flexibility index (Phi) is 5.31. The summed E-state index contributed by atoms with van der Waals surface area (Å²) >= 11 is 4.27. The molecule has 8 heteroatoms. The Labute approximate surface area is 179 Å². The van der Waals surface area contributed by atoms with Crippen molar-refractivity contribution < 1.29 is 9.59 Å². The highest BCUT2D eigenvalue weighted by Gasteiger charge is 2.24. The summed E-state index contributed by atoms with van der Waals surface area (Å²) in [5, 5.41) is 6.14. The molecule has 0 unspecified atom stereocenters. The number of carbonyl (C=O) groups excluding carboxylic acids is 2. The minimum atomic E-state index is -0.566. The number of nitrogens with one attached hydrogen (secondary N) is 1. The molecule has 29 heavy (non-hydrogen) atoms. The summed E-state index contributed by atoms with van der Waals surface area (Å²) in [4.78, 5) is 32.2. The van der Waals surface area contributed by atoms with E-state index in [1.807, 2.05) is 61.7 Å². The number of thiophene rings is 2. The van der Waals surface area contributed by atoms with Crippen LogP contribution in [0.5, 0.6) is 0 Å². The highest BCUT2D eigenvalue weighted by molar-refractivity contribution is 7.22. The number of amides is 2. The zero-order valence-corrected chi connectivity index (χ0v) is 18.1. The fourth-order valence-electron chi connectivity index (χ4n) is 3.09. The number of benzene rings is 1. The fourth-order valence-corrected chi connectivity index (χ4v) is 5.93. The number of thiazole rings is 1. The first-order chi connectivity index (χ1) is 14.0. The molecule has 5 nitrogen and oxygen atoms in total. The van der Waals surface area contributed by atoms with E-state index in [1.165, 1.54) is 22.7 Å². The molecular weight excluding hydrogens is 422 g/mol. The van der Waals surface area contributed by atoms with Crippen LogP contribution in [0.2, 0.25) is 0 Å². The van der Waals surface area contributed by atoms with Crippen molar-refractivity contribution in [1.29, 1.82) is 0 Å². The number of nitrogens with two attached hydrogens (primary N) is 1. The summed E-state index contributed by atoms with van der Waals surface area (Å²) in [6.07, 6.45) is 0. The van der Waals surface area contributed by atoms with Crippen molar-refractivity contribution in [2.75, 3.05) is 5.32 Å². The van der Waals surface area contributed by atoms with Gasteiger partial charge < -0.3 is 11.1 Å². The van der Waals surface area contributed by atoms with Gasteiger partial charge in [0.2, 0.25) is 0 Å². The fraction of sp³-hybridized carbons (Fsp3) is 0.0952. The van der Waals surface area contributed by atoms with E-state index >= 15 is 0 Å². The van der Waals surface area contributed by atoms with Crippen LogP contribution in [-0.2, 0) is 0 Å². The van der Waals surface area contributed by atoms with E-state index in [2.05, 4.69) is 10.3 Å². The molecule has 146 valence electrons. The highest BCUT2D eigenvalue weighted by atomic mass is 32.1. The quantitative estimate of drug-likeness (QED) is 0.426. The second kappa shape index (κ2) is 7.90. The van der Waals surface area contributed by atoms with Crippen molar-refractivity contribution in [2.45, 2.75) is 13.8 Å². The van der Waals surface area contributed by atoms with E-state index in [4.69, 9.17) is 5.73 Å². The van der Waals surface area contributed by atoms with Gasteiger partial charge in [0.05, 0.1) is 16.1 Å². The standard InChI is InChI=1S/C21H17N3O2S3/c1-11-17(29-20(23-11)14-9-6-10-27-14)19(26)24-21-16(18(22)25)15(12(2)28-21)13-7-4-3-5-8-13/h3-10H,1-2H3,(H2,22,25)(H,24,26). The maximum atomic E-state index is 13.0. The van der Waals surface area contributed by atoms with Gasteiger partial charge in [-0.15, -0.1) is 34.0 Å². The Morgan fingerprint density at radius 1 is 1.03 bits per heavy atom. The molecule has 0 saturated heterocycles. The first-order valence-corrected chi connectivity index (χ1v) is 11.3. The summed E-state index contributed by atoms with van der Waals surface area (Å²) in [6, 6.07) is 13.5. The van der Waals surface area contributed by atoms with Crippen molar-refractivity contribution in [3.8, 4) is 21.0 Å². The largest absolute Gasteiger partial charge is 0.365 e. The van der Waals surface area contributed by atoms with Crippen LogP contribution in [0.25, 0.3) is 21.0 Å². The van der Waals surface area contributed by atoms with Gasteiger partial charge in [-0.05, 0) is 30.9 Å². The zero-order chi connectivity index (χ0) is 20.5. The van der Waals surface area contributed by atoms with Crippen molar-refractivity contribution in [3.63, 3.8) is 0 Å². The van der Waals surface area contributed by atoms with Crippen LogP contribution in [-0.4, -0.2) is 16.8 Å². The van der Waals surface area contributed by atoms with Gasteiger partial charge in [0.1, 0.15) is 14.9 Å². The minimum Gasteiger partial charge on any atom is -0.365 e. The van der Waals surface area contributed by atoms with Gasteiger partial charge in [-0.1, -0.05) is 36.4 Å². The molecule has 0 bridgehead atoms. The lowest BCUT2D eigenvalue weighted by atomic mass is 10.0. The van der Waals surface area contributed by atoms with Gasteiger partial charge in [0, 0.05) is 10.4 Å². The zero-order valence-electron chi connectivity index (χ0n) is 15.7. The second-order valence-electron chi connectivity index (χ2n) is 6.33. The predicted octanol–water partition coefficient (Wildman–Crippen LogP) is 5.57. The molecule has 0 spiro atoms. The van der Waals surface area contributed by atoms with Crippen molar-refractivity contribution in [2.24, 2.45) is 5.73 Å². The number of carbonyl (C=O) groups is 2. The maximum absolute atomic E-state index is 13.0. The first kappa shape index (κ1) is 19.5. The number of primary amides is 1. The van der Waals surface area contributed by atoms with Gasteiger partial charge in [-0.25, -0.2) is 4.98 Å². The van der Waals surface area contributed by atoms with Crippen LogP contribution in [0.1, 0.15) is 30.6 Å². The van der Waals surface area contributed by atoms with Crippen LogP contribution in [0, 0.1) is 13.8 Å². The summed E-state index contributed by atoms with van der Waals surface area (Å²) < 4.78 is 0. The molecule has 0 saturated carbocycles. The summed E-state index contributed by atoms with van der Waals surface area (Å²) in [5.41, 5.74) is 8.34. The summed E-state index contributed by atoms with van der Waals surface area (Å²) in [5.74, 6) is -0.852. The van der Waals surface area contributed by atoms with E-state index in [-0.39, 0.29) is 5.91 Å². The predicted molar refractivity (Wildman–Crippen MR) is 121 cm³/mol. The number of rotatable bonds is 5. The lowest BCUT2D eigenvalue weighted by molar-refractivity contribution is 0.100. The smallest absolute Gasteiger partial charge is 0.268 e. The lowest BCUT2D eigenvalue weighted by Gasteiger charge is -2.06. The Balaban J connectivity index is 1.70. The molecule has 0 radical (unpaired) electrons. The topological polar surface area (TPSA) is 85.1 Å². The van der Waals surface area contributed by atoms with E-state index in [0.717, 1.165) is 25.9 Å². The lowest BCUT2D eigenvalue weighted by Crippen LogP contribution is -2.17. The molecule has 0 atom stereocenters. The Morgan fingerprint density at radius 3 is 2.45 bits per heavy atom. The monoisotopic (exact) mass is 439 g/mol. The second-order valence-corrected chi connectivity index (χ2v) is 9.50. The molecule has 0 aliphatic carbocycles. The summed E-state index contributed by atoms with van der Waals surface area (Å²) in [6.45, 7) is 3.73. The van der Waals surface area contributed by atoms with Gasteiger partial charge >= 0.3 is 0 Å². The van der Waals surface area contributed by atoms with Crippen molar-refractivity contribution >= 4 is 50.8 Å². The average Bonchev–Trinajstić information content (AvgIpc) is 3.41. The Hall–Kier alpha value is -2.81. The number of anilines is 1. The molecule has 4 rings (SSSR count). The van der Waals surface area contributed by atoms with E-state index in [9.17, 15) is 9.59 Å². The molecule has 3 aromatic heterocycles. The van der Waals surface area contributed by atoms with Crippen molar-refractivity contribution in [3.05, 3.63) is 68.9 Å². The maximum Gasteiger partial charge on any atom is 0.268 e. The number of hydrogen-bond acceptors (Lipinski definition) is 6. The van der Waals surface area contributed by atoms with E-state index in [0.29, 0.717) is 21.1 Å². The van der Waals surface area contributed by atoms with Crippen LogP contribution >= 0.6 is 34.0 Å². The summed E-state index contributed by atoms with van der Waals surface area (Å²) in [7, 11) is 0. The third-order valence-corrected chi connectivity index (χ3v) is 7.57. The van der Waals surface area contributed by atoms with E-state index < -0.39 is 5.91 Å². The van der Waals surface area contributed by atoms with Gasteiger partial charge in [0.15, 0.2) is 0 Å². The molecule has 2 amide bonds. The molecule has 0 aliphatic heterocycles. The van der Waals surface area contributed by atoms with E-state index in [1.54, 1.807) is 11.3 Å². The van der Waals surface area contributed by atoms with Crippen LogP contribution in [0.15, 0.2) is 47.8 Å². The first-order valence-electron chi connectivity index (χ1n) is 8.77. The van der Waals surface area contributed by atoms with Gasteiger partial charge in [-0.2, -0.15) is 0 Å². The average molecular weight is 440 g/mol. The molecule has 1 aromatic carbocycles. The van der Waals surface area contributed by atoms with Gasteiger partial charge in [0.25, 0.3) is 11.8 Å². The van der Waals surface area contributed by atoms with Crippen LogP contribution < -0.4 is 11.1 Å². The Bertz CT molecular complexity index is 1190. The molecule has 4 aromatic rings. The number of aromatic nitrogens is 1. The minimum absolute atomic E-state index is 0.286. The van der Waals surface area contributed by atoms with Crippen LogP contribution in [0.4, 0.5) is 5.00 Å². The third-order valence-electron chi connectivity index (χ3n) is 4.35. The number of nitrogens with zero attached hydrogens (tertiary/aromatic N) is 1. The van der Waals surface area contributed by atoms with Gasteiger partial charge in [-0.3, -0.25) is 9.59 Å². The third kappa shape index (κ3) is 3.74.